The minimum absolute atomic E-state index is 0.189. The number of nitrogens with zero attached hydrogens (tertiary/aromatic N) is 1. The van der Waals surface area contributed by atoms with Gasteiger partial charge in [0.05, 0.1) is 12.3 Å². The van der Waals surface area contributed by atoms with E-state index in [4.69, 9.17) is 9.84 Å². The Hall–Kier alpha value is -1.17. The molecule has 4 nitrogen and oxygen atoms in total. The molecule has 1 aromatic carbocycles. The number of halogens is 1. The first-order valence-corrected chi connectivity index (χ1v) is 7.49. The summed E-state index contributed by atoms with van der Waals surface area (Å²) in [6.45, 7) is 3.06. The van der Waals surface area contributed by atoms with Crippen LogP contribution in [0.3, 0.4) is 0 Å². The normalized spacial score (nSPS) is 10.9. The van der Waals surface area contributed by atoms with E-state index in [1.807, 2.05) is 24.1 Å². The van der Waals surface area contributed by atoms with E-state index in [1.54, 1.807) is 13.2 Å². The fraction of sp³-hybridized carbons (Fsp3) is 0.625. The molecule has 0 spiro atoms. The van der Waals surface area contributed by atoms with Crippen LogP contribution in [0.25, 0.3) is 0 Å². The van der Waals surface area contributed by atoms with E-state index in [9.17, 15) is 4.39 Å². The maximum Gasteiger partial charge on any atom is 0.146 e. The van der Waals surface area contributed by atoms with Crippen LogP contribution < -0.4 is 10.2 Å². The third kappa shape index (κ3) is 6.89. The van der Waals surface area contributed by atoms with Gasteiger partial charge in [0.1, 0.15) is 5.82 Å². The highest BCUT2D eigenvalue weighted by Crippen LogP contribution is 2.20. The van der Waals surface area contributed by atoms with Crippen molar-refractivity contribution in [2.75, 3.05) is 45.4 Å². The SMILES string of the molecule is COCCNCc1ccc(N(C)CCCCCO)c(F)c1. The van der Waals surface area contributed by atoms with Crippen molar-refractivity contribution in [1.82, 2.24) is 5.32 Å². The van der Waals surface area contributed by atoms with E-state index in [0.717, 1.165) is 37.9 Å². The van der Waals surface area contributed by atoms with Crippen molar-refractivity contribution in [2.45, 2.75) is 25.8 Å². The van der Waals surface area contributed by atoms with E-state index in [1.165, 1.54) is 0 Å². The first-order valence-electron chi connectivity index (χ1n) is 7.49. The van der Waals surface area contributed by atoms with Crippen molar-refractivity contribution in [3.05, 3.63) is 29.6 Å². The van der Waals surface area contributed by atoms with E-state index < -0.39 is 0 Å². The summed E-state index contributed by atoms with van der Waals surface area (Å²) in [5.41, 5.74) is 1.56. The molecule has 21 heavy (non-hydrogen) atoms. The second-order valence-electron chi connectivity index (χ2n) is 5.16. The van der Waals surface area contributed by atoms with Crippen LogP contribution in [0.1, 0.15) is 24.8 Å². The molecule has 0 aliphatic heterocycles. The minimum atomic E-state index is -0.189. The lowest BCUT2D eigenvalue weighted by Crippen LogP contribution is -2.21. The molecule has 0 radical (unpaired) electrons. The van der Waals surface area contributed by atoms with Gasteiger partial charge in [-0.15, -0.1) is 0 Å². The summed E-state index contributed by atoms with van der Waals surface area (Å²) in [6, 6.07) is 5.36. The number of hydrogen-bond donors (Lipinski definition) is 2. The summed E-state index contributed by atoms with van der Waals surface area (Å²) >= 11 is 0. The Morgan fingerprint density at radius 3 is 2.76 bits per heavy atom. The molecule has 0 atom stereocenters. The number of hydrogen-bond acceptors (Lipinski definition) is 4. The standard InChI is InChI=1S/C16H27FN2O2/c1-19(9-4-3-5-10-20)16-7-6-14(12-15(16)17)13-18-8-11-21-2/h6-7,12,18,20H,3-5,8-11,13H2,1-2H3. The Kier molecular flexibility index (Phi) is 8.98. The molecule has 0 aromatic heterocycles. The summed E-state index contributed by atoms with van der Waals surface area (Å²) < 4.78 is 19.1. The summed E-state index contributed by atoms with van der Waals surface area (Å²) in [5, 5.41) is 11.9. The first-order chi connectivity index (χ1) is 10.2. The van der Waals surface area contributed by atoms with Gasteiger partial charge in [0.15, 0.2) is 0 Å². The quantitative estimate of drug-likeness (QED) is 0.615. The third-order valence-electron chi connectivity index (χ3n) is 3.39. The maximum atomic E-state index is 14.1. The van der Waals surface area contributed by atoms with Crippen molar-refractivity contribution >= 4 is 5.69 Å². The molecular weight excluding hydrogens is 271 g/mol. The Balaban J connectivity index is 2.45. The second kappa shape index (κ2) is 10.5. The third-order valence-corrected chi connectivity index (χ3v) is 3.39. The zero-order valence-corrected chi connectivity index (χ0v) is 13.1. The molecule has 0 bridgehead atoms. The van der Waals surface area contributed by atoms with E-state index in [2.05, 4.69) is 5.32 Å². The van der Waals surface area contributed by atoms with Gasteiger partial charge in [-0.2, -0.15) is 0 Å². The summed E-state index contributed by atoms with van der Waals surface area (Å²) in [4.78, 5) is 1.93. The Bertz CT molecular complexity index is 402. The lowest BCUT2D eigenvalue weighted by atomic mass is 10.1. The predicted octanol–water partition coefficient (Wildman–Crippen LogP) is 2.16. The smallest absolute Gasteiger partial charge is 0.146 e. The van der Waals surface area contributed by atoms with Crippen LogP contribution in [0.15, 0.2) is 18.2 Å². The van der Waals surface area contributed by atoms with Gasteiger partial charge in [0.2, 0.25) is 0 Å². The lowest BCUT2D eigenvalue weighted by Gasteiger charge is -2.20. The van der Waals surface area contributed by atoms with Gasteiger partial charge >= 0.3 is 0 Å². The lowest BCUT2D eigenvalue weighted by molar-refractivity contribution is 0.199. The fourth-order valence-corrected chi connectivity index (χ4v) is 2.13. The van der Waals surface area contributed by atoms with Crippen molar-refractivity contribution in [1.29, 1.82) is 0 Å². The summed E-state index contributed by atoms with van der Waals surface area (Å²) in [5.74, 6) is -0.189. The number of ether oxygens (including phenoxy) is 1. The molecule has 0 aliphatic rings. The largest absolute Gasteiger partial charge is 0.396 e. The summed E-state index contributed by atoms with van der Waals surface area (Å²) in [7, 11) is 3.56. The van der Waals surface area contributed by atoms with Crippen molar-refractivity contribution in [3.8, 4) is 0 Å². The van der Waals surface area contributed by atoms with Gasteiger partial charge in [-0.25, -0.2) is 4.39 Å². The molecule has 0 aliphatic carbocycles. The van der Waals surface area contributed by atoms with Crippen LogP contribution in [-0.2, 0) is 11.3 Å². The van der Waals surface area contributed by atoms with Crippen molar-refractivity contribution in [2.24, 2.45) is 0 Å². The number of anilines is 1. The Labute approximate surface area is 126 Å². The monoisotopic (exact) mass is 298 g/mol. The highest BCUT2D eigenvalue weighted by molar-refractivity contribution is 5.48. The molecule has 0 amide bonds. The van der Waals surface area contributed by atoms with Crippen LogP contribution in [-0.4, -0.2) is 45.6 Å². The van der Waals surface area contributed by atoms with Crippen LogP contribution in [0, 0.1) is 5.82 Å². The number of aliphatic hydroxyl groups excluding tert-OH is 1. The second-order valence-corrected chi connectivity index (χ2v) is 5.16. The topological polar surface area (TPSA) is 44.7 Å². The summed E-state index contributed by atoms with van der Waals surface area (Å²) in [6.07, 6.45) is 2.73. The molecule has 0 fully saturated rings. The van der Waals surface area contributed by atoms with Gasteiger partial charge in [0.25, 0.3) is 0 Å². The highest BCUT2D eigenvalue weighted by Gasteiger charge is 2.08. The molecule has 0 saturated carbocycles. The molecular formula is C16H27FN2O2. The fourth-order valence-electron chi connectivity index (χ4n) is 2.13. The van der Waals surface area contributed by atoms with Gasteiger partial charge in [-0.3, -0.25) is 0 Å². The van der Waals surface area contributed by atoms with Gasteiger partial charge in [-0.1, -0.05) is 6.07 Å². The molecule has 1 aromatic rings. The predicted molar refractivity (Wildman–Crippen MR) is 84.2 cm³/mol. The Morgan fingerprint density at radius 2 is 2.10 bits per heavy atom. The minimum Gasteiger partial charge on any atom is -0.396 e. The zero-order chi connectivity index (χ0) is 15.5. The highest BCUT2D eigenvalue weighted by atomic mass is 19.1. The molecule has 120 valence electrons. The van der Waals surface area contributed by atoms with Crippen LogP contribution in [0.2, 0.25) is 0 Å². The maximum absolute atomic E-state index is 14.1. The molecule has 5 heteroatoms. The first kappa shape index (κ1) is 17.9. The number of rotatable bonds is 11. The number of nitrogens with one attached hydrogen (secondary N) is 1. The van der Waals surface area contributed by atoms with Gasteiger partial charge in [0, 0.05) is 40.4 Å². The number of benzene rings is 1. The average molecular weight is 298 g/mol. The van der Waals surface area contributed by atoms with Crippen molar-refractivity contribution in [3.63, 3.8) is 0 Å². The van der Waals surface area contributed by atoms with E-state index in [-0.39, 0.29) is 12.4 Å². The number of aliphatic hydroxyl groups is 1. The molecule has 0 heterocycles. The molecule has 2 N–H and O–H groups in total. The average Bonchev–Trinajstić information content (AvgIpc) is 2.48. The van der Waals surface area contributed by atoms with Gasteiger partial charge in [-0.05, 0) is 37.0 Å². The van der Waals surface area contributed by atoms with Crippen LogP contribution in [0.4, 0.5) is 10.1 Å². The van der Waals surface area contributed by atoms with E-state index >= 15 is 0 Å². The zero-order valence-electron chi connectivity index (χ0n) is 13.1. The van der Waals surface area contributed by atoms with Crippen molar-refractivity contribution < 1.29 is 14.2 Å². The molecule has 1 rings (SSSR count). The number of methoxy groups -OCH3 is 1. The van der Waals surface area contributed by atoms with Gasteiger partial charge < -0.3 is 20.1 Å². The molecule has 0 saturated heterocycles. The van der Waals surface area contributed by atoms with E-state index in [0.29, 0.717) is 18.8 Å². The van der Waals surface area contributed by atoms with Crippen LogP contribution >= 0.6 is 0 Å². The molecule has 0 unspecified atom stereocenters. The number of unbranched alkanes of at least 4 members (excludes halogenated alkanes) is 2. The van der Waals surface area contributed by atoms with Crippen LogP contribution in [0.5, 0.6) is 0 Å². The Morgan fingerprint density at radius 1 is 1.29 bits per heavy atom.